The van der Waals surface area contributed by atoms with Gasteiger partial charge in [0.15, 0.2) is 8.24 Å². The molecule has 1 amide bonds. The fourth-order valence-electron chi connectivity index (χ4n) is 2.36. The predicted molar refractivity (Wildman–Crippen MR) is 89.3 cm³/mol. The van der Waals surface area contributed by atoms with E-state index < -0.39 is 8.24 Å². The van der Waals surface area contributed by atoms with Crippen molar-refractivity contribution in [2.45, 2.75) is 56.1 Å². The second-order valence-corrected chi connectivity index (χ2v) is 13.4. The Kier molecular flexibility index (Phi) is 4.09. The lowest BCUT2D eigenvalue weighted by atomic mass is 10.1. The number of rotatable bonds is 3. The van der Waals surface area contributed by atoms with Crippen molar-refractivity contribution in [1.29, 1.82) is 0 Å². The molecule has 0 N–H and O–H groups in total. The maximum atomic E-state index is 12.4. The molecule has 0 radical (unpaired) electrons. The van der Waals surface area contributed by atoms with Crippen molar-refractivity contribution in [2.24, 2.45) is 5.92 Å². The molecule has 1 heterocycles. The molecule has 2 unspecified atom stereocenters. The van der Waals surface area contributed by atoms with Gasteiger partial charge in [-0.15, -0.1) is 11.8 Å². The predicted octanol–water partition coefficient (Wildman–Crippen LogP) is 4.59. The summed E-state index contributed by atoms with van der Waals surface area (Å²) < 4.78 is 2.22. The molecule has 1 aromatic rings. The summed E-state index contributed by atoms with van der Waals surface area (Å²) >= 11 is 1.83. The molecule has 1 saturated heterocycles. The van der Waals surface area contributed by atoms with Gasteiger partial charge in [-0.2, -0.15) is 0 Å². The molecule has 1 fully saturated rings. The molecule has 2 nitrogen and oxygen atoms in total. The maximum absolute atomic E-state index is 12.4. The molecule has 1 aliphatic heterocycles. The fraction of sp³-hybridized carbons (Fsp3) is 0.562. The highest BCUT2D eigenvalue weighted by Crippen LogP contribution is 2.48. The van der Waals surface area contributed by atoms with Gasteiger partial charge in [0.2, 0.25) is 5.91 Å². The van der Waals surface area contributed by atoms with Gasteiger partial charge in [0.1, 0.15) is 0 Å². The van der Waals surface area contributed by atoms with Gasteiger partial charge in [-0.1, -0.05) is 59.0 Å². The number of hydrogen-bond acceptors (Lipinski definition) is 2. The second-order valence-electron chi connectivity index (χ2n) is 7.13. The molecule has 4 heteroatoms. The number of nitrogens with zero attached hydrogens (tertiary/aromatic N) is 1. The zero-order valence-corrected chi connectivity index (χ0v) is 15.1. The van der Waals surface area contributed by atoms with Crippen molar-refractivity contribution in [2.75, 3.05) is 0 Å². The van der Waals surface area contributed by atoms with Gasteiger partial charge in [0.05, 0.1) is 11.3 Å². The Bertz CT molecular complexity index is 495. The van der Waals surface area contributed by atoms with Crippen LogP contribution < -0.4 is 0 Å². The Morgan fingerprint density at radius 1 is 1.15 bits per heavy atom. The van der Waals surface area contributed by atoms with E-state index >= 15 is 0 Å². The summed E-state index contributed by atoms with van der Waals surface area (Å²) in [4.78, 5) is 13.7. The molecule has 0 bridgehead atoms. The quantitative estimate of drug-likeness (QED) is 0.601. The van der Waals surface area contributed by atoms with Gasteiger partial charge >= 0.3 is 0 Å². The van der Waals surface area contributed by atoms with E-state index in [9.17, 15) is 4.79 Å². The van der Waals surface area contributed by atoms with Crippen LogP contribution in [-0.4, -0.2) is 24.1 Å². The molecule has 0 spiro atoms. The summed E-state index contributed by atoms with van der Waals surface area (Å²) in [6.45, 7) is 13.5. The van der Waals surface area contributed by atoms with Gasteiger partial charge in [-0.25, -0.2) is 0 Å². The number of hydrogen-bond donors (Lipinski definition) is 0. The van der Waals surface area contributed by atoms with Crippen LogP contribution in [0.25, 0.3) is 0 Å². The first-order valence-electron chi connectivity index (χ1n) is 7.21. The number of thioether (sulfide) groups is 1. The summed E-state index contributed by atoms with van der Waals surface area (Å²) in [6, 6.07) is 10.4. The smallest absolute Gasteiger partial charge is 0.221 e. The van der Waals surface area contributed by atoms with Crippen molar-refractivity contribution in [3.05, 3.63) is 30.3 Å². The minimum atomic E-state index is -1.78. The fourth-order valence-corrected chi connectivity index (χ4v) is 6.77. The Labute approximate surface area is 128 Å². The first-order chi connectivity index (χ1) is 9.16. The third kappa shape index (κ3) is 2.55. The third-order valence-corrected chi connectivity index (χ3v) is 11.7. The molecule has 1 aromatic carbocycles. The number of β-lactam (4-membered cyclic amide) rings is 1. The molecular weight excluding hydrogens is 282 g/mol. The normalized spacial score (nSPS) is 23.7. The minimum absolute atomic E-state index is 0.134. The first kappa shape index (κ1) is 15.6. The van der Waals surface area contributed by atoms with Crippen LogP contribution >= 0.6 is 11.8 Å². The summed E-state index contributed by atoms with van der Waals surface area (Å²) in [5.41, 5.74) is 0. The highest BCUT2D eigenvalue weighted by atomic mass is 32.2. The molecular formula is C16H25NOSSi. The van der Waals surface area contributed by atoms with Crippen LogP contribution in [0.1, 0.15) is 27.7 Å². The van der Waals surface area contributed by atoms with Crippen molar-refractivity contribution in [1.82, 2.24) is 4.57 Å². The average Bonchev–Trinajstić information content (AvgIpc) is 2.37. The summed E-state index contributed by atoms with van der Waals surface area (Å²) in [5.74, 6) is 0.472. The maximum Gasteiger partial charge on any atom is 0.221 e. The number of amides is 1. The lowest BCUT2D eigenvalue weighted by Gasteiger charge is -2.57. The van der Waals surface area contributed by atoms with Gasteiger partial charge < -0.3 is 4.57 Å². The lowest BCUT2D eigenvalue weighted by Crippen LogP contribution is -2.71. The van der Waals surface area contributed by atoms with Gasteiger partial charge in [0, 0.05) is 4.90 Å². The van der Waals surface area contributed by atoms with Crippen LogP contribution in [0.15, 0.2) is 35.2 Å². The standard InChI is InChI=1S/C16H25NOSSi/c1-12-14(18)17(20(5,6)16(2,3)4)15(12)19-13-10-8-7-9-11-13/h7-12,15H,1-6H3. The first-order valence-corrected chi connectivity index (χ1v) is 11.0. The van der Waals surface area contributed by atoms with E-state index in [1.165, 1.54) is 4.90 Å². The van der Waals surface area contributed by atoms with Gasteiger partial charge in [-0.05, 0) is 17.2 Å². The van der Waals surface area contributed by atoms with E-state index in [1.807, 2.05) is 17.8 Å². The molecule has 110 valence electrons. The highest BCUT2D eigenvalue weighted by Gasteiger charge is 2.55. The summed E-state index contributed by atoms with van der Waals surface area (Å²) in [5, 5.41) is 0.490. The third-order valence-electron chi connectivity index (χ3n) is 4.75. The Morgan fingerprint density at radius 2 is 1.70 bits per heavy atom. The zero-order chi connectivity index (χ0) is 15.1. The summed E-state index contributed by atoms with van der Waals surface area (Å²) in [7, 11) is -1.78. The molecule has 20 heavy (non-hydrogen) atoms. The molecule has 0 aromatic heterocycles. The second kappa shape index (κ2) is 5.23. The van der Waals surface area contributed by atoms with E-state index in [1.54, 1.807) is 0 Å². The number of benzene rings is 1. The molecule has 0 aliphatic carbocycles. The SMILES string of the molecule is CC1C(=O)N([Si](C)(C)C(C)(C)C)C1Sc1ccccc1. The largest absolute Gasteiger partial charge is 0.356 e. The van der Waals surface area contributed by atoms with Crippen molar-refractivity contribution in [3.8, 4) is 0 Å². The Balaban J connectivity index is 2.22. The minimum Gasteiger partial charge on any atom is -0.356 e. The van der Waals surface area contributed by atoms with Crippen molar-refractivity contribution >= 4 is 25.9 Å². The van der Waals surface area contributed by atoms with Crippen LogP contribution in [-0.2, 0) is 4.79 Å². The average molecular weight is 308 g/mol. The van der Waals surface area contributed by atoms with Crippen LogP contribution in [0.5, 0.6) is 0 Å². The number of carbonyl (C=O) groups excluding carboxylic acids is 1. The number of carbonyl (C=O) groups is 1. The topological polar surface area (TPSA) is 20.3 Å². The molecule has 0 saturated carbocycles. The van der Waals surface area contributed by atoms with Crippen LogP contribution in [0, 0.1) is 5.92 Å². The Morgan fingerprint density at radius 3 is 2.20 bits per heavy atom. The molecule has 1 aliphatic rings. The van der Waals surface area contributed by atoms with Crippen molar-refractivity contribution in [3.63, 3.8) is 0 Å². The van der Waals surface area contributed by atoms with E-state index in [4.69, 9.17) is 0 Å². The monoisotopic (exact) mass is 307 g/mol. The van der Waals surface area contributed by atoms with E-state index in [2.05, 4.69) is 69.6 Å². The van der Waals surface area contributed by atoms with Crippen LogP contribution in [0.3, 0.4) is 0 Å². The van der Waals surface area contributed by atoms with Crippen molar-refractivity contribution < 1.29 is 4.79 Å². The van der Waals surface area contributed by atoms with Gasteiger partial charge in [-0.3, -0.25) is 4.79 Å². The van der Waals surface area contributed by atoms with Gasteiger partial charge in [0.25, 0.3) is 0 Å². The van der Waals surface area contributed by atoms with E-state index in [0.717, 1.165) is 0 Å². The Hall–Kier alpha value is -0.743. The van der Waals surface area contributed by atoms with Crippen LogP contribution in [0.2, 0.25) is 18.1 Å². The lowest BCUT2D eigenvalue weighted by molar-refractivity contribution is -0.142. The highest BCUT2D eigenvalue weighted by molar-refractivity contribution is 8.00. The summed E-state index contributed by atoms with van der Waals surface area (Å²) in [6.07, 6.45) is 0. The molecule has 2 atom stereocenters. The molecule has 2 rings (SSSR count). The van der Waals surface area contributed by atoms with E-state index in [-0.39, 0.29) is 11.0 Å². The van der Waals surface area contributed by atoms with Crippen LogP contribution in [0.4, 0.5) is 0 Å². The zero-order valence-electron chi connectivity index (χ0n) is 13.3. The van der Waals surface area contributed by atoms with E-state index in [0.29, 0.717) is 11.3 Å².